The first-order chi connectivity index (χ1) is 5.93. The molecule has 0 fully saturated rings. The van der Waals surface area contributed by atoms with Gasteiger partial charge in [0.05, 0.1) is 12.0 Å². The van der Waals surface area contributed by atoms with Crippen LogP contribution in [0.15, 0.2) is 0 Å². The molecule has 2 N–H and O–H groups in total. The molecule has 7 heteroatoms. The number of carbonyl (C=O) groups excluding carboxylic acids is 2. The maximum Gasteiger partial charge on any atom is 1.00 e. The summed E-state index contributed by atoms with van der Waals surface area (Å²) in [4.78, 5) is 30.9. The van der Waals surface area contributed by atoms with E-state index in [1.54, 1.807) is 0 Å². The minimum atomic E-state index is -1.48. The molecule has 0 radical (unpaired) electrons. The van der Waals surface area contributed by atoms with Crippen LogP contribution in [0.25, 0.3) is 0 Å². The van der Waals surface area contributed by atoms with Gasteiger partial charge < -0.3 is 20.3 Å². The van der Waals surface area contributed by atoms with E-state index in [0.717, 1.165) is 6.92 Å². The van der Waals surface area contributed by atoms with Crippen molar-refractivity contribution in [3.05, 3.63) is 0 Å². The maximum atomic E-state index is 10.5. The number of hydrogen-bond donors (Lipinski definition) is 2. The minimum Gasteiger partial charge on any atom is -0.548 e. The van der Waals surface area contributed by atoms with Crippen molar-refractivity contribution in [1.82, 2.24) is 5.32 Å². The van der Waals surface area contributed by atoms with Crippen LogP contribution in [-0.4, -0.2) is 29.0 Å². The monoisotopic (exact) mass is 195 g/mol. The van der Waals surface area contributed by atoms with Crippen molar-refractivity contribution < 1.29 is 43.5 Å². The quantitative estimate of drug-likeness (QED) is 0.427. The number of amides is 1. The molecular formula is C7H10LiNO5. The van der Waals surface area contributed by atoms with Crippen molar-refractivity contribution in [3.8, 4) is 0 Å². The minimum absolute atomic E-state index is 0. The summed E-state index contributed by atoms with van der Waals surface area (Å²) in [5, 5.41) is 20.7. The van der Waals surface area contributed by atoms with Gasteiger partial charge in [-0.05, 0) is 6.42 Å². The van der Waals surface area contributed by atoms with Crippen LogP contribution < -0.4 is 29.3 Å². The Bertz CT molecular complexity index is 230. The standard InChI is InChI=1S/C7H11NO5.Li/c1-4(9)8-5(7(12)13)2-3-6(10)11;/h5H,2-3H2,1H3,(H,8,9)(H,10,11)(H,12,13);/q;+1/p-1/t5-;/m0./s1. The second-order valence-corrected chi connectivity index (χ2v) is 2.50. The number of rotatable bonds is 5. The zero-order valence-electron chi connectivity index (χ0n) is 8.07. The number of carbonyl (C=O) groups is 3. The molecule has 6 nitrogen and oxygen atoms in total. The van der Waals surface area contributed by atoms with Crippen LogP contribution in [0.3, 0.4) is 0 Å². The van der Waals surface area contributed by atoms with Crippen molar-refractivity contribution in [3.63, 3.8) is 0 Å². The van der Waals surface area contributed by atoms with Crippen LogP contribution in [0.2, 0.25) is 0 Å². The molecule has 1 amide bonds. The van der Waals surface area contributed by atoms with Crippen molar-refractivity contribution in [2.45, 2.75) is 25.8 Å². The number of hydrogen-bond acceptors (Lipinski definition) is 4. The molecule has 0 rings (SSSR count). The third-order valence-electron chi connectivity index (χ3n) is 1.31. The molecule has 74 valence electrons. The van der Waals surface area contributed by atoms with Crippen molar-refractivity contribution in [1.29, 1.82) is 0 Å². The van der Waals surface area contributed by atoms with Crippen molar-refractivity contribution >= 4 is 17.8 Å². The molecule has 0 aliphatic heterocycles. The molecule has 0 aliphatic rings. The Balaban J connectivity index is 0. The average molecular weight is 195 g/mol. The van der Waals surface area contributed by atoms with E-state index < -0.39 is 23.9 Å². The van der Waals surface area contributed by atoms with Gasteiger partial charge in [0, 0.05) is 13.3 Å². The van der Waals surface area contributed by atoms with E-state index in [0.29, 0.717) is 0 Å². The van der Waals surface area contributed by atoms with Crippen LogP contribution in [0, 0.1) is 0 Å². The smallest absolute Gasteiger partial charge is 0.548 e. The Kier molecular flexibility index (Phi) is 8.20. The van der Waals surface area contributed by atoms with Gasteiger partial charge in [-0.25, -0.2) is 0 Å². The Hall–Kier alpha value is -0.993. The van der Waals surface area contributed by atoms with Gasteiger partial charge in [0.15, 0.2) is 0 Å². The third-order valence-corrected chi connectivity index (χ3v) is 1.31. The van der Waals surface area contributed by atoms with Crippen LogP contribution >= 0.6 is 0 Å². The van der Waals surface area contributed by atoms with Gasteiger partial charge in [0.2, 0.25) is 5.91 Å². The summed E-state index contributed by atoms with van der Waals surface area (Å²) in [6.07, 6.45) is -0.490. The van der Waals surface area contributed by atoms with E-state index in [1.165, 1.54) is 0 Å². The summed E-state index contributed by atoms with van der Waals surface area (Å²) in [7, 11) is 0. The molecule has 0 bridgehead atoms. The SMILES string of the molecule is CC(=O)N[C@@H](CCC(=O)O)C(=O)[O-].[Li+]. The molecule has 0 aromatic heterocycles. The fourth-order valence-electron chi connectivity index (χ4n) is 0.762. The van der Waals surface area contributed by atoms with E-state index in [9.17, 15) is 19.5 Å². The number of carboxylic acid groups (broad SMARTS) is 2. The predicted molar refractivity (Wildman–Crippen MR) is 39.5 cm³/mol. The fraction of sp³-hybridized carbons (Fsp3) is 0.571. The first kappa shape index (κ1) is 15.5. The largest absolute Gasteiger partial charge is 1.00 e. The van der Waals surface area contributed by atoms with E-state index in [4.69, 9.17) is 5.11 Å². The molecule has 14 heavy (non-hydrogen) atoms. The number of nitrogens with one attached hydrogen (secondary N) is 1. The summed E-state index contributed by atoms with van der Waals surface area (Å²) in [5.74, 6) is -3.12. The molecule has 0 unspecified atom stereocenters. The van der Waals surface area contributed by atoms with Gasteiger partial charge in [0.25, 0.3) is 0 Å². The summed E-state index contributed by atoms with van der Waals surface area (Å²) in [6, 6.07) is -1.23. The van der Waals surface area contributed by atoms with Gasteiger partial charge >= 0.3 is 24.8 Å². The first-order valence-corrected chi connectivity index (χ1v) is 3.63. The van der Waals surface area contributed by atoms with Gasteiger partial charge in [-0.15, -0.1) is 0 Å². The summed E-state index contributed by atoms with van der Waals surface area (Å²) < 4.78 is 0. The molecule has 0 aliphatic carbocycles. The molecule has 0 saturated heterocycles. The van der Waals surface area contributed by atoms with Crippen LogP contribution in [0.5, 0.6) is 0 Å². The summed E-state index contributed by atoms with van der Waals surface area (Å²) in [5.41, 5.74) is 0. The van der Waals surface area contributed by atoms with E-state index in [-0.39, 0.29) is 31.7 Å². The number of carboxylic acids is 2. The molecule has 0 aromatic carbocycles. The fourth-order valence-corrected chi connectivity index (χ4v) is 0.762. The summed E-state index contributed by atoms with van der Waals surface area (Å²) >= 11 is 0. The Labute approximate surface area is 92.8 Å². The normalized spacial score (nSPS) is 10.9. The molecule has 0 saturated carbocycles. The van der Waals surface area contributed by atoms with Crippen LogP contribution in [0.1, 0.15) is 19.8 Å². The molecule has 1 atom stereocenters. The molecular weight excluding hydrogens is 185 g/mol. The van der Waals surface area contributed by atoms with Crippen molar-refractivity contribution in [2.24, 2.45) is 0 Å². The van der Waals surface area contributed by atoms with E-state index in [2.05, 4.69) is 5.32 Å². The second kappa shape index (κ2) is 7.41. The maximum absolute atomic E-state index is 10.5. The van der Waals surface area contributed by atoms with E-state index in [1.807, 2.05) is 0 Å². The van der Waals surface area contributed by atoms with Crippen LogP contribution in [0.4, 0.5) is 0 Å². The van der Waals surface area contributed by atoms with Gasteiger partial charge in [0.1, 0.15) is 0 Å². The van der Waals surface area contributed by atoms with E-state index >= 15 is 0 Å². The third kappa shape index (κ3) is 7.65. The van der Waals surface area contributed by atoms with Crippen molar-refractivity contribution in [2.75, 3.05) is 0 Å². The molecule has 0 aromatic rings. The Morgan fingerprint density at radius 2 is 1.93 bits per heavy atom. The summed E-state index contributed by atoms with van der Waals surface area (Å²) in [6.45, 7) is 1.15. The predicted octanol–water partition coefficient (Wildman–Crippen LogP) is -4.89. The van der Waals surface area contributed by atoms with Crippen LogP contribution in [-0.2, 0) is 14.4 Å². The van der Waals surface area contributed by atoms with Gasteiger partial charge in [-0.3, -0.25) is 9.59 Å². The Morgan fingerprint density at radius 1 is 1.43 bits per heavy atom. The Morgan fingerprint density at radius 3 is 2.21 bits per heavy atom. The molecule has 0 heterocycles. The van der Waals surface area contributed by atoms with Gasteiger partial charge in [-0.1, -0.05) is 0 Å². The average Bonchev–Trinajstić information content (AvgIpc) is 1.96. The zero-order valence-corrected chi connectivity index (χ0v) is 8.07. The first-order valence-electron chi connectivity index (χ1n) is 3.63. The van der Waals surface area contributed by atoms with Gasteiger partial charge in [-0.2, -0.15) is 0 Å². The molecule has 0 spiro atoms. The zero-order chi connectivity index (χ0) is 10.4. The number of aliphatic carboxylic acids is 2. The second-order valence-electron chi connectivity index (χ2n) is 2.50. The topological polar surface area (TPSA) is 107 Å².